The molecule has 19 heavy (non-hydrogen) atoms. The number of nitrogens with zero attached hydrogens (tertiary/aromatic N) is 4. The molecule has 1 N–H and O–H groups in total. The van der Waals surface area contributed by atoms with Crippen molar-refractivity contribution in [3.63, 3.8) is 0 Å². The predicted octanol–water partition coefficient (Wildman–Crippen LogP) is 2.33. The third-order valence-corrected chi connectivity index (χ3v) is 4.11. The van der Waals surface area contributed by atoms with Gasteiger partial charge in [0.2, 0.25) is 0 Å². The van der Waals surface area contributed by atoms with E-state index < -0.39 is 5.97 Å². The minimum Gasteiger partial charge on any atom is -0.478 e. The summed E-state index contributed by atoms with van der Waals surface area (Å²) in [7, 11) is 0. The van der Waals surface area contributed by atoms with Crippen molar-refractivity contribution in [1.29, 1.82) is 0 Å². The van der Waals surface area contributed by atoms with Gasteiger partial charge in [-0.15, -0.1) is 0 Å². The number of carboxylic acid groups (broad SMARTS) is 1. The summed E-state index contributed by atoms with van der Waals surface area (Å²) in [5, 5.41) is 10.5. The van der Waals surface area contributed by atoms with Crippen molar-refractivity contribution in [3.8, 4) is 0 Å². The molecule has 0 amide bonds. The number of benzene rings is 1. The molecule has 0 aliphatic carbocycles. The lowest BCUT2D eigenvalue weighted by Crippen LogP contribution is -1.96. The molecule has 0 bridgehead atoms. The molecule has 6 nitrogen and oxygen atoms in total. The Morgan fingerprint density at radius 2 is 2.11 bits per heavy atom. The molecule has 0 saturated heterocycles. The average Bonchev–Trinajstić information content (AvgIpc) is 2.91. The van der Waals surface area contributed by atoms with Gasteiger partial charge in [-0.1, -0.05) is 0 Å². The molecule has 2 aromatic heterocycles. The van der Waals surface area contributed by atoms with E-state index in [0.717, 1.165) is 14.8 Å². The van der Waals surface area contributed by atoms with Crippen LogP contribution in [0.3, 0.4) is 0 Å². The fourth-order valence-corrected chi connectivity index (χ4v) is 2.98. The zero-order valence-corrected chi connectivity index (χ0v) is 11.0. The maximum atomic E-state index is 10.9. The van der Waals surface area contributed by atoms with Crippen LogP contribution in [0.4, 0.5) is 0 Å². The Labute approximate surface area is 115 Å². The molecule has 0 fully saturated rings. The van der Waals surface area contributed by atoms with Crippen LogP contribution in [0.1, 0.15) is 10.4 Å². The maximum absolute atomic E-state index is 10.9. The number of rotatable bonds is 3. The summed E-state index contributed by atoms with van der Waals surface area (Å²) in [5.41, 5.74) is 0.806. The topological polar surface area (TPSA) is 88.9 Å². The summed E-state index contributed by atoms with van der Waals surface area (Å²) in [6.07, 6.45) is 2.90. The summed E-state index contributed by atoms with van der Waals surface area (Å²) in [4.78, 5) is 23.3. The van der Waals surface area contributed by atoms with Crippen molar-refractivity contribution >= 4 is 40.2 Å². The number of hydrogen-bond donors (Lipinski definition) is 1. The van der Waals surface area contributed by atoms with Crippen molar-refractivity contribution in [3.05, 3.63) is 36.4 Å². The van der Waals surface area contributed by atoms with Crippen molar-refractivity contribution in [2.45, 2.75) is 9.37 Å². The van der Waals surface area contributed by atoms with Gasteiger partial charge in [0, 0.05) is 5.39 Å². The van der Waals surface area contributed by atoms with Gasteiger partial charge in [-0.25, -0.2) is 19.7 Å². The van der Waals surface area contributed by atoms with E-state index >= 15 is 0 Å². The monoisotopic (exact) mass is 290 g/mol. The molecule has 3 rings (SSSR count). The molecule has 0 saturated carbocycles. The largest absolute Gasteiger partial charge is 0.478 e. The molecule has 0 radical (unpaired) electrons. The number of carboxylic acids is 1. The first kappa shape index (κ1) is 12.0. The van der Waals surface area contributed by atoms with E-state index in [9.17, 15) is 4.79 Å². The van der Waals surface area contributed by atoms with Crippen LogP contribution in [0.15, 0.2) is 40.2 Å². The molecule has 94 valence electrons. The molecule has 1 aromatic carbocycles. The van der Waals surface area contributed by atoms with Gasteiger partial charge >= 0.3 is 5.97 Å². The smallest absolute Gasteiger partial charge is 0.335 e. The van der Waals surface area contributed by atoms with Gasteiger partial charge in [0.05, 0.1) is 11.1 Å². The van der Waals surface area contributed by atoms with Gasteiger partial charge in [0.1, 0.15) is 17.7 Å². The lowest BCUT2D eigenvalue weighted by Gasteiger charge is -2.03. The van der Waals surface area contributed by atoms with Crippen LogP contribution >= 0.6 is 23.3 Å². The van der Waals surface area contributed by atoms with Crippen LogP contribution in [0.5, 0.6) is 0 Å². The number of aromatic carboxylic acids is 1. The number of fused-ring (bicyclic) bond motifs is 1. The Bertz CT molecular complexity index is 746. The van der Waals surface area contributed by atoms with Gasteiger partial charge in [0.25, 0.3) is 0 Å². The third kappa shape index (κ3) is 2.40. The third-order valence-electron chi connectivity index (χ3n) is 2.37. The summed E-state index contributed by atoms with van der Waals surface area (Å²) < 4.78 is 4.70. The fourth-order valence-electron chi connectivity index (χ4n) is 1.54. The van der Waals surface area contributed by atoms with Crippen LogP contribution in [-0.4, -0.2) is 30.4 Å². The minimum atomic E-state index is -0.973. The Hall–Kier alpha value is -2.06. The normalized spacial score (nSPS) is 10.7. The van der Waals surface area contributed by atoms with Crippen LogP contribution in [0.25, 0.3) is 10.9 Å². The second-order valence-corrected chi connectivity index (χ2v) is 5.54. The molecule has 3 aromatic rings. The zero-order valence-electron chi connectivity index (χ0n) is 9.35. The van der Waals surface area contributed by atoms with Crippen LogP contribution in [0.2, 0.25) is 0 Å². The lowest BCUT2D eigenvalue weighted by atomic mass is 10.1. The summed E-state index contributed by atoms with van der Waals surface area (Å²) in [6.45, 7) is 0. The van der Waals surface area contributed by atoms with Gasteiger partial charge in [0.15, 0.2) is 4.34 Å². The Kier molecular flexibility index (Phi) is 3.10. The maximum Gasteiger partial charge on any atom is 0.335 e. The Morgan fingerprint density at radius 1 is 1.21 bits per heavy atom. The van der Waals surface area contributed by atoms with E-state index in [-0.39, 0.29) is 5.56 Å². The molecular weight excluding hydrogens is 284 g/mol. The van der Waals surface area contributed by atoms with Gasteiger partial charge in [-0.3, -0.25) is 0 Å². The average molecular weight is 290 g/mol. The van der Waals surface area contributed by atoms with Crippen molar-refractivity contribution < 1.29 is 9.90 Å². The van der Waals surface area contributed by atoms with Crippen LogP contribution in [-0.2, 0) is 0 Å². The Balaban J connectivity index is 2.08. The van der Waals surface area contributed by atoms with E-state index in [1.807, 2.05) is 0 Å². The van der Waals surface area contributed by atoms with E-state index in [4.69, 9.17) is 5.11 Å². The van der Waals surface area contributed by atoms with Crippen molar-refractivity contribution in [1.82, 2.24) is 19.3 Å². The van der Waals surface area contributed by atoms with E-state index in [1.54, 1.807) is 6.07 Å². The second-order valence-electron chi connectivity index (χ2n) is 3.53. The van der Waals surface area contributed by atoms with Gasteiger partial charge in [-0.2, -0.15) is 4.37 Å². The van der Waals surface area contributed by atoms with Crippen LogP contribution < -0.4 is 0 Å². The lowest BCUT2D eigenvalue weighted by molar-refractivity contribution is 0.0697. The summed E-state index contributed by atoms with van der Waals surface area (Å²) >= 11 is 2.67. The summed E-state index contributed by atoms with van der Waals surface area (Å²) in [6, 6.07) is 4.78. The highest BCUT2D eigenvalue weighted by Gasteiger charge is 2.10. The fraction of sp³-hybridized carbons (Fsp3) is 0. The standard InChI is InChI=1S/C11H6N4O2S2/c16-10(17)6-1-2-7-8(3-6)12-4-13-9(7)18-11-14-5-15-19-11/h1-5H,(H,16,17). The summed E-state index contributed by atoms with van der Waals surface area (Å²) in [5.74, 6) is -0.973. The highest BCUT2D eigenvalue weighted by Crippen LogP contribution is 2.31. The first-order valence-electron chi connectivity index (χ1n) is 5.16. The van der Waals surface area contributed by atoms with E-state index in [2.05, 4.69) is 19.3 Å². The molecule has 0 aliphatic rings. The number of hydrogen-bond acceptors (Lipinski definition) is 7. The highest BCUT2D eigenvalue weighted by atomic mass is 32.2. The molecular formula is C11H6N4O2S2. The van der Waals surface area contributed by atoms with Crippen molar-refractivity contribution in [2.24, 2.45) is 0 Å². The SMILES string of the molecule is O=C(O)c1ccc2c(Sc3ncns3)ncnc2c1. The molecule has 0 unspecified atom stereocenters. The first-order valence-corrected chi connectivity index (χ1v) is 6.75. The first-order chi connectivity index (χ1) is 9.24. The Morgan fingerprint density at radius 3 is 2.84 bits per heavy atom. The van der Waals surface area contributed by atoms with Gasteiger partial charge in [-0.05, 0) is 41.5 Å². The number of carbonyl (C=O) groups is 1. The predicted molar refractivity (Wildman–Crippen MR) is 70.5 cm³/mol. The van der Waals surface area contributed by atoms with Crippen molar-refractivity contribution in [2.75, 3.05) is 0 Å². The quantitative estimate of drug-likeness (QED) is 0.740. The molecule has 8 heteroatoms. The molecule has 0 aliphatic heterocycles. The van der Waals surface area contributed by atoms with Gasteiger partial charge < -0.3 is 5.11 Å². The minimum absolute atomic E-state index is 0.207. The number of aromatic nitrogens is 4. The second kappa shape index (κ2) is 4.90. The van der Waals surface area contributed by atoms with Crippen LogP contribution in [0, 0.1) is 0 Å². The highest BCUT2D eigenvalue weighted by molar-refractivity contribution is 8.01. The van der Waals surface area contributed by atoms with E-state index in [1.165, 1.54) is 48.1 Å². The molecule has 2 heterocycles. The molecule has 0 spiro atoms. The zero-order chi connectivity index (χ0) is 13.2. The van der Waals surface area contributed by atoms with E-state index in [0.29, 0.717) is 5.52 Å². The molecule has 0 atom stereocenters.